The van der Waals surface area contributed by atoms with Crippen LogP contribution in [0.1, 0.15) is 30.9 Å². The number of hydrogen-bond donors (Lipinski definition) is 1. The van der Waals surface area contributed by atoms with Crippen molar-refractivity contribution in [3.8, 4) is 5.75 Å². The molecule has 0 amide bonds. The Morgan fingerprint density at radius 1 is 1.17 bits per heavy atom. The predicted molar refractivity (Wildman–Crippen MR) is 74.6 cm³/mol. The van der Waals surface area contributed by atoms with E-state index in [1.54, 1.807) is 6.07 Å². The van der Waals surface area contributed by atoms with Gasteiger partial charge < -0.3 is 10.1 Å². The SMILES string of the molecule is Clc1cc(Cl)c2c(c1)C(NC1CC=CC1)CCO2. The molecule has 0 spiro atoms. The minimum absolute atomic E-state index is 0.287. The second-order valence-electron chi connectivity index (χ2n) is 4.80. The molecule has 1 aromatic rings. The number of hydrogen-bond acceptors (Lipinski definition) is 2. The first-order valence-corrected chi connectivity index (χ1v) is 7.02. The maximum Gasteiger partial charge on any atom is 0.142 e. The van der Waals surface area contributed by atoms with Gasteiger partial charge in [0.05, 0.1) is 11.6 Å². The molecule has 1 unspecified atom stereocenters. The summed E-state index contributed by atoms with van der Waals surface area (Å²) in [4.78, 5) is 0. The van der Waals surface area contributed by atoms with E-state index >= 15 is 0 Å². The van der Waals surface area contributed by atoms with Crippen molar-refractivity contribution in [3.05, 3.63) is 39.9 Å². The van der Waals surface area contributed by atoms with Crippen molar-refractivity contribution in [1.82, 2.24) is 5.32 Å². The van der Waals surface area contributed by atoms with Gasteiger partial charge in [0, 0.05) is 29.1 Å². The lowest BCUT2D eigenvalue weighted by molar-refractivity contribution is 0.245. The molecule has 1 atom stereocenters. The summed E-state index contributed by atoms with van der Waals surface area (Å²) in [6.45, 7) is 0.701. The summed E-state index contributed by atoms with van der Waals surface area (Å²) in [6.07, 6.45) is 7.61. The second-order valence-corrected chi connectivity index (χ2v) is 5.65. The van der Waals surface area contributed by atoms with Crippen molar-refractivity contribution >= 4 is 23.2 Å². The highest BCUT2D eigenvalue weighted by atomic mass is 35.5. The van der Waals surface area contributed by atoms with Crippen LogP contribution in [0.5, 0.6) is 5.75 Å². The number of benzene rings is 1. The fourth-order valence-electron chi connectivity index (χ4n) is 2.64. The van der Waals surface area contributed by atoms with E-state index in [1.807, 2.05) is 6.07 Å². The molecule has 1 aromatic carbocycles. The predicted octanol–water partition coefficient (Wildman–Crippen LogP) is 4.13. The Balaban J connectivity index is 1.86. The molecule has 1 aliphatic heterocycles. The van der Waals surface area contributed by atoms with Gasteiger partial charge in [-0.25, -0.2) is 0 Å². The van der Waals surface area contributed by atoms with E-state index in [0.717, 1.165) is 30.6 Å². The minimum atomic E-state index is 0.287. The number of nitrogens with one attached hydrogen (secondary N) is 1. The summed E-state index contributed by atoms with van der Waals surface area (Å²) in [5.41, 5.74) is 1.09. The zero-order valence-corrected chi connectivity index (χ0v) is 11.5. The first-order valence-electron chi connectivity index (χ1n) is 6.27. The third-order valence-corrected chi connectivity index (χ3v) is 4.01. The Morgan fingerprint density at radius 2 is 1.94 bits per heavy atom. The lowest BCUT2D eigenvalue weighted by atomic mass is 9.99. The van der Waals surface area contributed by atoms with Gasteiger partial charge >= 0.3 is 0 Å². The van der Waals surface area contributed by atoms with Crippen LogP contribution in [0.25, 0.3) is 0 Å². The molecular formula is C14H15Cl2NO. The van der Waals surface area contributed by atoms with Gasteiger partial charge in [0.15, 0.2) is 0 Å². The topological polar surface area (TPSA) is 21.3 Å². The minimum Gasteiger partial charge on any atom is -0.492 e. The third-order valence-electron chi connectivity index (χ3n) is 3.51. The first-order chi connectivity index (χ1) is 8.74. The molecule has 0 aromatic heterocycles. The van der Waals surface area contributed by atoms with Crippen LogP contribution in [0, 0.1) is 0 Å². The molecule has 2 nitrogen and oxygen atoms in total. The highest BCUT2D eigenvalue weighted by molar-refractivity contribution is 6.35. The van der Waals surface area contributed by atoms with E-state index in [9.17, 15) is 0 Å². The Morgan fingerprint density at radius 3 is 2.72 bits per heavy atom. The van der Waals surface area contributed by atoms with Crippen molar-refractivity contribution in [2.24, 2.45) is 0 Å². The fraction of sp³-hybridized carbons (Fsp3) is 0.429. The summed E-state index contributed by atoms with van der Waals surface area (Å²) in [5.74, 6) is 0.788. The molecule has 0 radical (unpaired) electrons. The normalized spacial score (nSPS) is 22.9. The molecule has 4 heteroatoms. The largest absolute Gasteiger partial charge is 0.492 e. The van der Waals surface area contributed by atoms with Gasteiger partial charge in [0.1, 0.15) is 5.75 Å². The lowest BCUT2D eigenvalue weighted by Crippen LogP contribution is -2.34. The molecule has 1 aliphatic carbocycles. The maximum atomic E-state index is 6.18. The molecule has 3 rings (SSSR count). The number of rotatable bonds is 2. The smallest absolute Gasteiger partial charge is 0.142 e. The summed E-state index contributed by atoms with van der Waals surface area (Å²) in [7, 11) is 0. The van der Waals surface area contributed by atoms with Gasteiger partial charge in [-0.1, -0.05) is 35.4 Å². The van der Waals surface area contributed by atoms with E-state index in [-0.39, 0.29) is 6.04 Å². The van der Waals surface area contributed by atoms with Gasteiger partial charge in [-0.2, -0.15) is 0 Å². The van der Waals surface area contributed by atoms with Crippen molar-refractivity contribution in [2.45, 2.75) is 31.3 Å². The van der Waals surface area contributed by atoms with Crippen LogP contribution >= 0.6 is 23.2 Å². The summed E-state index contributed by atoms with van der Waals surface area (Å²) in [5, 5.41) is 4.94. The molecular weight excluding hydrogens is 269 g/mol. The van der Waals surface area contributed by atoms with E-state index < -0.39 is 0 Å². The molecule has 18 heavy (non-hydrogen) atoms. The quantitative estimate of drug-likeness (QED) is 0.825. The van der Waals surface area contributed by atoms with E-state index in [1.165, 1.54) is 0 Å². The third kappa shape index (κ3) is 2.37. The second kappa shape index (κ2) is 5.12. The molecule has 0 bridgehead atoms. The van der Waals surface area contributed by atoms with Crippen LogP contribution in [0.15, 0.2) is 24.3 Å². The zero-order valence-electron chi connectivity index (χ0n) is 9.96. The van der Waals surface area contributed by atoms with Gasteiger partial charge in [0.2, 0.25) is 0 Å². The van der Waals surface area contributed by atoms with Crippen LogP contribution in [0.4, 0.5) is 0 Å². The van der Waals surface area contributed by atoms with Crippen molar-refractivity contribution in [1.29, 1.82) is 0 Å². The monoisotopic (exact) mass is 283 g/mol. The van der Waals surface area contributed by atoms with Crippen LogP contribution in [-0.4, -0.2) is 12.6 Å². The van der Waals surface area contributed by atoms with E-state index in [2.05, 4.69) is 17.5 Å². The van der Waals surface area contributed by atoms with E-state index in [0.29, 0.717) is 22.7 Å². The van der Waals surface area contributed by atoms with Gasteiger partial charge in [0.25, 0.3) is 0 Å². The van der Waals surface area contributed by atoms with Crippen LogP contribution in [-0.2, 0) is 0 Å². The van der Waals surface area contributed by atoms with Crippen molar-refractivity contribution < 1.29 is 4.74 Å². The maximum absolute atomic E-state index is 6.18. The average molecular weight is 284 g/mol. The molecule has 1 heterocycles. The number of ether oxygens (including phenoxy) is 1. The lowest BCUT2D eigenvalue weighted by Gasteiger charge is -2.30. The molecule has 0 saturated heterocycles. The highest BCUT2D eigenvalue weighted by Gasteiger charge is 2.26. The standard InChI is InChI=1S/C14H15Cl2NO/c15-9-7-11-13(17-10-3-1-2-4-10)5-6-18-14(11)12(16)8-9/h1-2,7-8,10,13,17H,3-6H2. The molecule has 0 fully saturated rings. The summed E-state index contributed by atoms with van der Waals surface area (Å²) in [6, 6.07) is 4.51. The summed E-state index contributed by atoms with van der Waals surface area (Å²) < 4.78 is 5.66. The van der Waals surface area contributed by atoms with Gasteiger partial charge in [-0.3, -0.25) is 0 Å². The van der Waals surface area contributed by atoms with E-state index in [4.69, 9.17) is 27.9 Å². The Bertz CT molecular complexity index is 479. The van der Waals surface area contributed by atoms with Crippen molar-refractivity contribution in [3.63, 3.8) is 0 Å². The van der Waals surface area contributed by atoms with Gasteiger partial charge in [-0.05, 0) is 25.0 Å². The molecule has 1 N–H and O–H groups in total. The highest BCUT2D eigenvalue weighted by Crippen LogP contribution is 2.40. The summed E-state index contributed by atoms with van der Waals surface area (Å²) >= 11 is 12.3. The Kier molecular flexibility index (Phi) is 3.51. The fourth-order valence-corrected chi connectivity index (χ4v) is 3.20. The Labute approximate surface area is 117 Å². The number of halogens is 2. The van der Waals surface area contributed by atoms with Crippen molar-refractivity contribution in [2.75, 3.05) is 6.61 Å². The average Bonchev–Trinajstić information content (AvgIpc) is 2.83. The molecule has 2 aliphatic rings. The van der Waals surface area contributed by atoms with Crippen LogP contribution < -0.4 is 10.1 Å². The van der Waals surface area contributed by atoms with Gasteiger partial charge in [-0.15, -0.1) is 0 Å². The molecule has 96 valence electrons. The molecule has 0 saturated carbocycles. The number of fused-ring (bicyclic) bond motifs is 1. The van der Waals surface area contributed by atoms with Crippen LogP contribution in [0.2, 0.25) is 10.0 Å². The first kappa shape index (κ1) is 12.3. The zero-order chi connectivity index (χ0) is 12.5. The van der Waals surface area contributed by atoms with Crippen LogP contribution in [0.3, 0.4) is 0 Å². The Hall–Kier alpha value is -0.700.